The van der Waals surface area contributed by atoms with Crippen LogP contribution in [0.3, 0.4) is 0 Å². The fraction of sp³-hybridized carbons (Fsp3) is 1.00. The van der Waals surface area contributed by atoms with Crippen molar-refractivity contribution in [2.75, 3.05) is 19.9 Å². The zero-order valence-electron chi connectivity index (χ0n) is 9.74. The van der Waals surface area contributed by atoms with Crippen molar-refractivity contribution in [1.82, 2.24) is 0 Å². The lowest BCUT2D eigenvalue weighted by molar-refractivity contribution is 0.0551. The number of phosphoric ester groups is 1. The molecule has 16 heavy (non-hydrogen) atoms. The van der Waals surface area contributed by atoms with E-state index in [1.165, 1.54) is 0 Å². The molecule has 0 fully saturated rings. The van der Waals surface area contributed by atoms with Gasteiger partial charge in [0.15, 0.2) is 0 Å². The van der Waals surface area contributed by atoms with Gasteiger partial charge in [0, 0.05) is 6.66 Å². The highest BCUT2D eigenvalue weighted by atomic mass is 31.2. The second kappa shape index (κ2) is 5.74. The Bertz CT molecular complexity index is 302. The Hall–Kier alpha value is 0.260. The first-order chi connectivity index (χ1) is 6.91. The number of phosphoric acid groups is 1. The van der Waals surface area contributed by atoms with Crippen LogP contribution in [-0.2, 0) is 22.7 Å². The zero-order chi connectivity index (χ0) is 13.0. The molecule has 0 aliphatic heterocycles. The number of hydrogen-bond acceptors (Lipinski definition) is 5. The van der Waals surface area contributed by atoms with Gasteiger partial charge < -0.3 is 14.3 Å². The van der Waals surface area contributed by atoms with E-state index in [1.807, 2.05) is 0 Å². The number of hydrogen-bond donors (Lipinski definition) is 2. The van der Waals surface area contributed by atoms with Crippen molar-refractivity contribution < 1.29 is 32.5 Å². The summed E-state index contributed by atoms with van der Waals surface area (Å²) in [6.07, 6.45) is 0. The lowest BCUT2D eigenvalue weighted by Gasteiger charge is -2.22. The van der Waals surface area contributed by atoms with E-state index >= 15 is 0 Å². The third-order valence-electron chi connectivity index (χ3n) is 1.06. The summed E-state index contributed by atoms with van der Waals surface area (Å²) in [5.74, 6) is 0. The Balaban J connectivity index is 3.93. The molecule has 9 heteroatoms. The molecule has 2 N–H and O–H groups in total. The van der Waals surface area contributed by atoms with Gasteiger partial charge in [-0.2, -0.15) is 0 Å². The molecule has 0 rings (SSSR count). The smallest absolute Gasteiger partial charge is 0.324 e. The van der Waals surface area contributed by atoms with E-state index in [-0.39, 0.29) is 13.2 Å². The summed E-state index contributed by atoms with van der Waals surface area (Å²) in [5, 5.41) is 0. The summed E-state index contributed by atoms with van der Waals surface area (Å²) in [7, 11) is -7.73. The summed E-state index contributed by atoms with van der Waals surface area (Å²) in [5.41, 5.74) is -0.817. The highest BCUT2D eigenvalue weighted by Crippen LogP contribution is 2.47. The SMILES string of the molecule is CC(C)(C)OP(=O)(O)OCCOP(C)(=O)O. The summed E-state index contributed by atoms with van der Waals surface area (Å²) >= 11 is 0. The average molecular weight is 276 g/mol. The third-order valence-corrected chi connectivity index (χ3v) is 3.01. The van der Waals surface area contributed by atoms with Crippen molar-refractivity contribution in [2.45, 2.75) is 26.4 Å². The minimum Gasteiger partial charge on any atom is -0.324 e. The van der Waals surface area contributed by atoms with Gasteiger partial charge in [-0.1, -0.05) is 0 Å². The minimum atomic E-state index is -4.15. The molecule has 0 aliphatic carbocycles. The first kappa shape index (κ1) is 16.3. The van der Waals surface area contributed by atoms with Gasteiger partial charge in [-0.25, -0.2) is 4.57 Å². The van der Waals surface area contributed by atoms with Gasteiger partial charge in [0.1, 0.15) is 0 Å². The maximum Gasteiger partial charge on any atom is 0.472 e. The number of rotatable bonds is 6. The Morgan fingerprint density at radius 2 is 1.50 bits per heavy atom. The van der Waals surface area contributed by atoms with Crippen LogP contribution < -0.4 is 0 Å². The summed E-state index contributed by atoms with van der Waals surface area (Å²) < 4.78 is 35.7. The van der Waals surface area contributed by atoms with Gasteiger partial charge >= 0.3 is 15.4 Å². The lowest BCUT2D eigenvalue weighted by atomic mass is 10.2. The highest BCUT2D eigenvalue weighted by Gasteiger charge is 2.28. The first-order valence-electron chi connectivity index (χ1n) is 4.54. The van der Waals surface area contributed by atoms with Gasteiger partial charge in [0.05, 0.1) is 18.8 Å². The van der Waals surface area contributed by atoms with E-state index in [9.17, 15) is 14.0 Å². The van der Waals surface area contributed by atoms with Crippen LogP contribution in [0.2, 0.25) is 0 Å². The van der Waals surface area contributed by atoms with Crippen molar-refractivity contribution >= 4 is 15.4 Å². The maximum atomic E-state index is 11.3. The van der Waals surface area contributed by atoms with Gasteiger partial charge in [0.2, 0.25) is 0 Å². The molecule has 0 saturated carbocycles. The second-order valence-corrected chi connectivity index (χ2v) is 7.38. The Morgan fingerprint density at radius 1 is 1.06 bits per heavy atom. The van der Waals surface area contributed by atoms with Crippen molar-refractivity contribution in [2.24, 2.45) is 0 Å². The molecular formula is C7H18O7P2. The molecule has 0 spiro atoms. The summed E-state index contributed by atoms with van der Waals surface area (Å²) in [6, 6.07) is 0. The molecule has 0 aromatic carbocycles. The molecule has 0 saturated heterocycles. The standard InChI is InChI=1S/C7H18O7P2/c1-7(2,3)14-16(10,11)13-6-5-12-15(4,8)9/h5-6H2,1-4H3,(H,8,9)(H,10,11). The normalized spacial score (nSPS) is 20.1. The third kappa shape index (κ3) is 10.8. The molecule has 0 aliphatic rings. The molecule has 0 heterocycles. The quantitative estimate of drug-likeness (QED) is 0.562. The maximum absolute atomic E-state index is 11.3. The predicted octanol–water partition coefficient (Wildman–Crippen LogP) is 1.75. The Morgan fingerprint density at radius 3 is 1.88 bits per heavy atom. The molecule has 0 amide bonds. The van der Waals surface area contributed by atoms with E-state index in [4.69, 9.17) is 9.42 Å². The highest BCUT2D eigenvalue weighted by molar-refractivity contribution is 7.51. The minimum absolute atomic E-state index is 0.262. The fourth-order valence-corrected chi connectivity index (χ4v) is 2.20. The van der Waals surface area contributed by atoms with E-state index < -0.39 is 21.0 Å². The van der Waals surface area contributed by atoms with Crippen molar-refractivity contribution in [3.05, 3.63) is 0 Å². The van der Waals surface area contributed by atoms with Crippen LogP contribution in [0.15, 0.2) is 0 Å². The van der Waals surface area contributed by atoms with Crippen LogP contribution in [0, 0.1) is 0 Å². The van der Waals surface area contributed by atoms with Crippen LogP contribution >= 0.6 is 15.4 Å². The van der Waals surface area contributed by atoms with Crippen molar-refractivity contribution in [3.8, 4) is 0 Å². The molecule has 0 bridgehead atoms. The molecule has 0 aromatic rings. The van der Waals surface area contributed by atoms with Crippen LogP contribution in [0.1, 0.15) is 20.8 Å². The van der Waals surface area contributed by atoms with E-state index in [1.54, 1.807) is 20.8 Å². The van der Waals surface area contributed by atoms with Gasteiger partial charge in [0.25, 0.3) is 0 Å². The molecule has 7 nitrogen and oxygen atoms in total. The summed E-state index contributed by atoms with van der Waals surface area (Å²) in [6.45, 7) is 5.25. The summed E-state index contributed by atoms with van der Waals surface area (Å²) in [4.78, 5) is 18.0. The van der Waals surface area contributed by atoms with Gasteiger partial charge in [-0.15, -0.1) is 0 Å². The van der Waals surface area contributed by atoms with Crippen LogP contribution in [0.4, 0.5) is 0 Å². The molecule has 98 valence electrons. The zero-order valence-corrected chi connectivity index (χ0v) is 11.5. The molecule has 0 aromatic heterocycles. The van der Waals surface area contributed by atoms with Crippen LogP contribution in [0.25, 0.3) is 0 Å². The monoisotopic (exact) mass is 276 g/mol. The van der Waals surface area contributed by atoms with E-state index in [0.717, 1.165) is 6.66 Å². The molecule has 2 atom stereocenters. The molecule has 0 radical (unpaired) electrons. The first-order valence-corrected chi connectivity index (χ1v) is 8.06. The average Bonchev–Trinajstić information content (AvgIpc) is 1.91. The fourth-order valence-electron chi connectivity index (χ4n) is 0.732. The second-order valence-electron chi connectivity index (χ2n) is 4.14. The molecule has 2 unspecified atom stereocenters. The van der Waals surface area contributed by atoms with E-state index in [0.29, 0.717) is 0 Å². The van der Waals surface area contributed by atoms with Gasteiger partial charge in [-0.05, 0) is 20.8 Å². The molecular weight excluding hydrogens is 258 g/mol. The Kier molecular flexibility index (Phi) is 5.83. The van der Waals surface area contributed by atoms with E-state index in [2.05, 4.69) is 9.05 Å². The Labute approximate surface area is 94.9 Å². The largest absolute Gasteiger partial charge is 0.472 e. The van der Waals surface area contributed by atoms with Crippen molar-refractivity contribution in [1.29, 1.82) is 0 Å². The van der Waals surface area contributed by atoms with Gasteiger partial charge in [-0.3, -0.25) is 13.6 Å². The van der Waals surface area contributed by atoms with Crippen LogP contribution in [-0.4, -0.2) is 35.3 Å². The predicted molar refractivity (Wildman–Crippen MR) is 58.3 cm³/mol. The van der Waals surface area contributed by atoms with Crippen LogP contribution in [0.5, 0.6) is 0 Å². The topological polar surface area (TPSA) is 102 Å². The van der Waals surface area contributed by atoms with Crippen molar-refractivity contribution in [3.63, 3.8) is 0 Å². The lowest BCUT2D eigenvalue weighted by Crippen LogP contribution is -2.18.